The fraction of sp³-hybridized carbons (Fsp3) is 0.615. The van der Waals surface area contributed by atoms with Gasteiger partial charge in [0.05, 0.1) is 11.3 Å². The maximum atomic E-state index is 10.4. The number of aryl methyl sites for hydroxylation is 1. The van der Waals surface area contributed by atoms with E-state index in [-0.39, 0.29) is 0 Å². The Labute approximate surface area is 102 Å². The summed E-state index contributed by atoms with van der Waals surface area (Å²) < 4.78 is 0. The van der Waals surface area contributed by atoms with E-state index in [4.69, 9.17) is 5.73 Å². The average molecular weight is 235 g/mol. The second kappa shape index (κ2) is 4.53. The molecule has 1 saturated carbocycles. The van der Waals surface area contributed by atoms with Crippen molar-refractivity contribution in [1.82, 2.24) is 4.98 Å². The Morgan fingerprint density at radius 3 is 2.71 bits per heavy atom. The van der Waals surface area contributed by atoms with E-state index < -0.39 is 5.60 Å². The van der Waals surface area contributed by atoms with Crippen LogP contribution in [0.1, 0.15) is 31.2 Å². The zero-order valence-electron chi connectivity index (χ0n) is 10.6. The van der Waals surface area contributed by atoms with E-state index in [0.717, 1.165) is 37.1 Å². The zero-order valence-corrected chi connectivity index (χ0v) is 10.6. The van der Waals surface area contributed by atoms with Gasteiger partial charge in [-0.15, -0.1) is 0 Å². The van der Waals surface area contributed by atoms with E-state index in [0.29, 0.717) is 12.2 Å². The van der Waals surface area contributed by atoms with Crippen molar-refractivity contribution < 1.29 is 5.11 Å². The number of hydrogen-bond donors (Lipinski definition) is 2. The van der Waals surface area contributed by atoms with Crippen molar-refractivity contribution in [2.24, 2.45) is 0 Å². The Kier molecular flexibility index (Phi) is 3.24. The van der Waals surface area contributed by atoms with Crippen LogP contribution in [0.2, 0.25) is 0 Å². The molecule has 0 saturated heterocycles. The average Bonchev–Trinajstić information content (AvgIpc) is 2.64. The summed E-state index contributed by atoms with van der Waals surface area (Å²) in [6, 6.07) is 1.91. The lowest BCUT2D eigenvalue weighted by molar-refractivity contribution is 0.0558. The van der Waals surface area contributed by atoms with E-state index in [9.17, 15) is 5.11 Å². The summed E-state index contributed by atoms with van der Waals surface area (Å²) in [4.78, 5) is 6.30. The summed E-state index contributed by atoms with van der Waals surface area (Å²) in [7, 11) is 1.93. The van der Waals surface area contributed by atoms with Crippen LogP contribution in [-0.2, 0) is 0 Å². The van der Waals surface area contributed by atoms with Crippen LogP contribution in [0.5, 0.6) is 0 Å². The number of pyridine rings is 1. The molecule has 4 nitrogen and oxygen atoms in total. The number of nitrogens with two attached hydrogens (primary N) is 1. The summed E-state index contributed by atoms with van der Waals surface area (Å²) in [5.74, 6) is 0.760. The molecule has 0 radical (unpaired) electrons. The summed E-state index contributed by atoms with van der Waals surface area (Å²) in [6.07, 6.45) is 5.79. The number of aliphatic hydroxyl groups is 1. The molecule has 4 heteroatoms. The molecule has 0 amide bonds. The van der Waals surface area contributed by atoms with Crippen molar-refractivity contribution in [3.63, 3.8) is 0 Å². The van der Waals surface area contributed by atoms with E-state index in [2.05, 4.69) is 4.98 Å². The number of aromatic nitrogens is 1. The molecule has 1 aliphatic rings. The molecule has 1 fully saturated rings. The molecule has 0 aliphatic heterocycles. The van der Waals surface area contributed by atoms with Gasteiger partial charge in [-0.1, -0.05) is 12.8 Å². The molecule has 0 atom stereocenters. The summed E-state index contributed by atoms with van der Waals surface area (Å²) >= 11 is 0. The lowest BCUT2D eigenvalue weighted by Crippen LogP contribution is -2.39. The van der Waals surface area contributed by atoms with Gasteiger partial charge in [-0.3, -0.25) is 0 Å². The minimum absolute atomic E-state index is 0.562. The molecule has 0 bridgehead atoms. The van der Waals surface area contributed by atoms with Crippen molar-refractivity contribution >= 4 is 11.5 Å². The Bertz CT molecular complexity index is 400. The van der Waals surface area contributed by atoms with Crippen molar-refractivity contribution in [1.29, 1.82) is 0 Å². The molecular formula is C13H21N3O. The monoisotopic (exact) mass is 235 g/mol. The minimum Gasteiger partial charge on any atom is -0.396 e. The van der Waals surface area contributed by atoms with Gasteiger partial charge in [0.1, 0.15) is 0 Å². The van der Waals surface area contributed by atoms with Crippen molar-refractivity contribution in [2.75, 3.05) is 24.2 Å². The van der Waals surface area contributed by atoms with Gasteiger partial charge >= 0.3 is 0 Å². The van der Waals surface area contributed by atoms with Gasteiger partial charge in [0, 0.05) is 19.8 Å². The molecular weight excluding hydrogens is 214 g/mol. The zero-order chi connectivity index (χ0) is 12.5. The van der Waals surface area contributed by atoms with Gasteiger partial charge in [0.15, 0.2) is 5.82 Å². The van der Waals surface area contributed by atoms with E-state index in [1.807, 2.05) is 24.9 Å². The van der Waals surface area contributed by atoms with Crippen molar-refractivity contribution in [3.05, 3.63) is 17.8 Å². The highest BCUT2D eigenvalue weighted by molar-refractivity contribution is 5.63. The molecule has 1 aliphatic carbocycles. The number of nitrogens with zero attached hydrogens (tertiary/aromatic N) is 2. The van der Waals surface area contributed by atoms with Crippen LogP contribution in [0.3, 0.4) is 0 Å². The summed E-state index contributed by atoms with van der Waals surface area (Å²) in [5, 5.41) is 10.4. The van der Waals surface area contributed by atoms with Gasteiger partial charge < -0.3 is 15.7 Å². The van der Waals surface area contributed by atoms with Crippen LogP contribution < -0.4 is 10.6 Å². The van der Waals surface area contributed by atoms with Crippen LogP contribution in [0, 0.1) is 6.92 Å². The largest absolute Gasteiger partial charge is 0.396 e. The molecule has 0 aromatic carbocycles. The molecule has 0 spiro atoms. The van der Waals surface area contributed by atoms with E-state index in [1.54, 1.807) is 6.20 Å². The predicted molar refractivity (Wildman–Crippen MR) is 70.1 cm³/mol. The quantitative estimate of drug-likeness (QED) is 0.837. The third kappa shape index (κ3) is 2.69. The van der Waals surface area contributed by atoms with Crippen LogP contribution in [0.4, 0.5) is 11.5 Å². The second-order valence-corrected chi connectivity index (χ2v) is 5.21. The predicted octanol–water partition coefficient (Wildman–Crippen LogP) is 1.71. The third-order valence-electron chi connectivity index (χ3n) is 3.46. The first-order chi connectivity index (χ1) is 8.00. The van der Waals surface area contributed by atoms with Crippen LogP contribution in [-0.4, -0.2) is 29.3 Å². The summed E-state index contributed by atoms with van der Waals surface area (Å²) in [6.45, 7) is 2.57. The highest BCUT2D eigenvalue weighted by Crippen LogP contribution is 2.31. The Morgan fingerprint density at radius 1 is 1.47 bits per heavy atom. The number of rotatable bonds is 3. The van der Waals surface area contributed by atoms with Crippen LogP contribution in [0.25, 0.3) is 0 Å². The molecule has 1 aromatic heterocycles. The maximum Gasteiger partial charge on any atom is 0.151 e. The van der Waals surface area contributed by atoms with Gasteiger partial charge in [-0.25, -0.2) is 4.98 Å². The van der Waals surface area contributed by atoms with Crippen molar-refractivity contribution in [2.45, 2.75) is 38.2 Å². The first-order valence-corrected chi connectivity index (χ1v) is 6.16. The minimum atomic E-state index is -0.562. The number of nitrogen functional groups attached to an aromatic ring is 1. The highest BCUT2D eigenvalue weighted by atomic mass is 16.3. The van der Waals surface area contributed by atoms with Gasteiger partial charge in [-0.05, 0) is 31.4 Å². The second-order valence-electron chi connectivity index (χ2n) is 5.21. The lowest BCUT2D eigenvalue weighted by atomic mass is 10.0. The highest BCUT2D eigenvalue weighted by Gasteiger charge is 2.32. The Hall–Kier alpha value is -1.29. The topological polar surface area (TPSA) is 62.4 Å². The van der Waals surface area contributed by atoms with Crippen molar-refractivity contribution in [3.8, 4) is 0 Å². The molecule has 1 aromatic rings. The molecule has 2 rings (SSSR count). The molecule has 17 heavy (non-hydrogen) atoms. The molecule has 1 heterocycles. The maximum absolute atomic E-state index is 10.4. The van der Waals surface area contributed by atoms with Gasteiger partial charge in [-0.2, -0.15) is 0 Å². The molecule has 94 valence electrons. The Balaban J connectivity index is 2.11. The van der Waals surface area contributed by atoms with E-state index in [1.165, 1.54) is 0 Å². The van der Waals surface area contributed by atoms with E-state index >= 15 is 0 Å². The first kappa shape index (κ1) is 12.2. The van der Waals surface area contributed by atoms with Gasteiger partial charge in [0.2, 0.25) is 0 Å². The van der Waals surface area contributed by atoms with Gasteiger partial charge in [0.25, 0.3) is 0 Å². The van der Waals surface area contributed by atoms with Crippen LogP contribution >= 0.6 is 0 Å². The Morgan fingerprint density at radius 2 is 2.12 bits per heavy atom. The fourth-order valence-corrected chi connectivity index (χ4v) is 2.61. The molecule has 0 unspecified atom stereocenters. The SMILES string of the molecule is Cc1cnc(N(C)CC2(O)CCCC2)c(N)c1. The molecule has 3 N–H and O–H groups in total. The number of anilines is 2. The summed E-state index contributed by atoms with van der Waals surface area (Å²) in [5.41, 5.74) is 7.12. The van der Waals surface area contributed by atoms with Crippen LogP contribution in [0.15, 0.2) is 12.3 Å². The smallest absolute Gasteiger partial charge is 0.151 e. The third-order valence-corrected chi connectivity index (χ3v) is 3.46. The lowest BCUT2D eigenvalue weighted by Gasteiger charge is -2.29. The fourth-order valence-electron chi connectivity index (χ4n) is 2.61. The first-order valence-electron chi connectivity index (χ1n) is 6.16. The standard InChI is InChI=1S/C13H21N3O/c1-10-7-11(14)12(15-8-10)16(2)9-13(17)5-3-4-6-13/h7-8,17H,3-6,9,14H2,1-2H3. The normalized spacial score (nSPS) is 18.3. The number of likely N-dealkylation sites (N-methyl/N-ethyl adjacent to an activating group) is 1. The number of hydrogen-bond acceptors (Lipinski definition) is 4.